The fourth-order valence-corrected chi connectivity index (χ4v) is 2.90. The van der Waals surface area contributed by atoms with Crippen molar-refractivity contribution in [2.24, 2.45) is 0 Å². The number of pyridine rings is 1. The van der Waals surface area contributed by atoms with Crippen molar-refractivity contribution in [2.75, 3.05) is 5.32 Å². The quantitative estimate of drug-likeness (QED) is 0.771. The van der Waals surface area contributed by atoms with Gasteiger partial charge in [0.15, 0.2) is 5.82 Å². The fourth-order valence-electron chi connectivity index (χ4n) is 2.90. The van der Waals surface area contributed by atoms with E-state index in [-0.39, 0.29) is 0 Å². The van der Waals surface area contributed by atoms with E-state index in [1.165, 1.54) is 11.3 Å². The van der Waals surface area contributed by atoms with Gasteiger partial charge in [0.05, 0.1) is 5.69 Å². The molecule has 0 spiro atoms. The Bertz CT molecular complexity index is 883. The first kappa shape index (κ1) is 17.1. The first-order chi connectivity index (χ1) is 12.0. The number of hydrogen-bond acceptors (Lipinski definition) is 5. The highest BCUT2D eigenvalue weighted by Crippen LogP contribution is 2.22. The molecule has 3 aromatic rings. The molecule has 3 aromatic heterocycles. The topological polar surface area (TPSA) is 68.5 Å². The molecule has 3 heterocycles. The maximum Gasteiger partial charge on any atom is 0.161 e. The van der Waals surface area contributed by atoms with Gasteiger partial charge >= 0.3 is 0 Å². The zero-order valence-electron chi connectivity index (χ0n) is 15.5. The minimum absolute atomic E-state index is 0.699. The van der Waals surface area contributed by atoms with Crippen LogP contribution in [0.1, 0.15) is 35.1 Å². The number of hydrogen-bond donors (Lipinski definition) is 1. The Morgan fingerprint density at radius 3 is 2.36 bits per heavy atom. The summed E-state index contributed by atoms with van der Waals surface area (Å²) < 4.78 is 2.03. The molecule has 0 aliphatic rings. The molecule has 0 unspecified atom stereocenters. The molecule has 0 amide bonds. The van der Waals surface area contributed by atoms with Crippen molar-refractivity contribution in [1.82, 2.24) is 24.7 Å². The summed E-state index contributed by atoms with van der Waals surface area (Å²) in [5, 5.41) is 8.06. The lowest BCUT2D eigenvalue weighted by atomic mass is 10.1. The van der Waals surface area contributed by atoms with Gasteiger partial charge in [-0.3, -0.25) is 9.67 Å². The normalized spacial score (nSPS) is 10.9. The summed E-state index contributed by atoms with van der Waals surface area (Å²) in [5.41, 5.74) is 6.49. The Hall–Kier alpha value is -2.76. The van der Waals surface area contributed by atoms with Crippen LogP contribution in [0.3, 0.4) is 0 Å². The van der Waals surface area contributed by atoms with Crippen molar-refractivity contribution >= 4 is 5.82 Å². The van der Waals surface area contributed by atoms with Crippen LogP contribution in [0.5, 0.6) is 0 Å². The first-order valence-electron chi connectivity index (χ1n) is 8.53. The number of aryl methyl sites for hydroxylation is 3. The average Bonchev–Trinajstić information content (AvgIpc) is 2.90. The Morgan fingerprint density at radius 2 is 1.72 bits per heavy atom. The third kappa shape index (κ3) is 3.38. The van der Waals surface area contributed by atoms with Crippen LogP contribution in [0.2, 0.25) is 0 Å². The molecule has 25 heavy (non-hydrogen) atoms. The number of anilines is 1. The van der Waals surface area contributed by atoms with Crippen LogP contribution in [-0.4, -0.2) is 24.7 Å². The second-order valence-corrected chi connectivity index (χ2v) is 6.16. The van der Waals surface area contributed by atoms with Crippen LogP contribution in [0.4, 0.5) is 5.82 Å². The Balaban J connectivity index is 1.90. The first-order valence-corrected chi connectivity index (χ1v) is 8.53. The molecule has 6 heteroatoms. The van der Waals surface area contributed by atoms with Gasteiger partial charge in [0.2, 0.25) is 0 Å². The number of nitrogens with zero attached hydrogens (tertiary/aromatic N) is 5. The van der Waals surface area contributed by atoms with Crippen LogP contribution in [0.25, 0.3) is 11.4 Å². The summed E-state index contributed by atoms with van der Waals surface area (Å²) >= 11 is 0. The number of nitrogens with one attached hydrogen (secondary N) is 1. The minimum Gasteiger partial charge on any atom is -0.366 e. The smallest absolute Gasteiger partial charge is 0.161 e. The lowest BCUT2D eigenvalue weighted by Crippen LogP contribution is -2.08. The van der Waals surface area contributed by atoms with Gasteiger partial charge in [0.1, 0.15) is 5.82 Å². The van der Waals surface area contributed by atoms with Crippen LogP contribution in [-0.2, 0) is 13.1 Å². The molecule has 0 radical (unpaired) electrons. The van der Waals surface area contributed by atoms with E-state index in [4.69, 9.17) is 4.98 Å². The fraction of sp³-hybridized carbons (Fsp3) is 0.368. The van der Waals surface area contributed by atoms with Gasteiger partial charge in [-0.15, -0.1) is 0 Å². The standard InChI is InChI=1S/C19H24N6/c1-6-25-15(5)17(14(4)24-25)11-21-18-12(2)13(3)22-19(23-18)16-7-9-20-10-8-16/h7-10H,6,11H2,1-5H3,(H,21,22,23). The molecule has 0 fully saturated rings. The number of rotatable bonds is 5. The Kier molecular flexibility index (Phi) is 4.79. The van der Waals surface area contributed by atoms with Gasteiger partial charge in [-0.25, -0.2) is 9.97 Å². The average molecular weight is 336 g/mol. The number of aromatic nitrogens is 5. The molecule has 0 saturated carbocycles. The van der Waals surface area contributed by atoms with Crippen molar-refractivity contribution in [2.45, 2.75) is 47.7 Å². The van der Waals surface area contributed by atoms with Gasteiger partial charge < -0.3 is 5.32 Å². The van der Waals surface area contributed by atoms with Gasteiger partial charge in [-0.2, -0.15) is 5.10 Å². The predicted octanol–water partition coefficient (Wildman–Crippen LogP) is 3.60. The molecule has 0 aromatic carbocycles. The van der Waals surface area contributed by atoms with Crippen LogP contribution in [0, 0.1) is 27.7 Å². The monoisotopic (exact) mass is 336 g/mol. The summed E-state index contributed by atoms with van der Waals surface area (Å²) in [6.07, 6.45) is 3.51. The molecule has 130 valence electrons. The molecule has 6 nitrogen and oxygen atoms in total. The summed E-state index contributed by atoms with van der Waals surface area (Å²) in [4.78, 5) is 13.4. The van der Waals surface area contributed by atoms with E-state index in [9.17, 15) is 0 Å². The predicted molar refractivity (Wildman–Crippen MR) is 99.4 cm³/mol. The van der Waals surface area contributed by atoms with Crippen molar-refractivity contribution in [3.8, 4) is 11.4 Å². The van der Waals surface area contributed by atoms with Gasteiger partial charge in [-0.1, -0.05) is 0 Å². The molecule has 0 saturated heterocycles. The highest BCUT2D eigenvalue weighted by molar-refractivity contribution is 5.59. The molecular formula is C19H24N6. The van der Waals surface area contributed by atoms with E-state index >= 15 is 0 Å². The Morgan fingerprint density at radius 1 is 1.00 bits per heavy atom. The SMILES string of the molecule is CCn1nc(C)c(CNc2nc(-c3ccncc3)nc(C)c2C)c1C. The molecular weight excluding hydrogens is 312 g/mol. The van der Waals surface area contributed by atoms with Crippen LogP contribution < -0.4 is 5.32 Å². The second kappa shape index (κ2) is 7.01. The van der Waals surface area contributed by atoms with Crippen LogP contribution in [0.15, 0.2) is 24.5 Å². The lowest BCUT2D eigenvalue weighted by molar-refractivity contribution is 0.633. The lowest BCUT2D eigenvalue weighted by Gasteiger charge is -2.13. The van der Waals surface area contributed by atoms with Gasteiger partial charge in [-0.05, 0) is 46.8 Å². The third-order valence-corrected chi connectivity index (χ3v) is 4.59. The summed E-state index contributed by atoms with van der Waals surface area (Å²) in [7, 11) is 0. The third-order valence-electron chi connectivity index (χ3n) is 4.59. The van der Waals surface area contributed by atoms with E-state index in [1.807, 2.05) is 30.7 Å². The highest BCUT2D eigenvalue weighted by Gasteiger charge is 2.13. The maximum atomic E-state index is 4.73. The molecule has 0 aliphatic carbocycles. The maximum absolute atomic E-state index is 4.73. The molecule has 0 bridgehead atoms. The van der Waals surface area contributed by atoms with Crippen LogP contribution >= 0.6 is 0 Å². The van der Waals surface area contributed by atoms with E-state index in [1.54, 1.807) is 12.4 Å². The molecule has 3 rings (SSSR count). The summed E-state index contributed by atoms with van der Waals surface area (Å²) in [5.74, 6) is 1.58. The molecule has 0 aliphatic heterocycles. The van der Waals surface area contributed by atoms with Gasteiger partial charge in [0.25, 0.3) is 0 Å². The highest BCUT2D eigenvalue weighted by atomic mass is 15.3. The molecule has 0 atom stereocenters. The van der Waals surface area contributed by atoms with Crippen molar-refractivity contribution in [3.05, 3.63) is 52.7 Å². The van der Waals surface area contributed by atoms with Crippen molar-refractivity contribution < 1.29 is 0 Å². The minimum atomic E-state index is 0.699. The zero-order chi connectivity index (χ0) is 18.0. The second-order valence-electron chi connectivity index (χ2n) is 6.16. The zero-order valence-corrected chi connectivity index (χ0v) is 15.5. The van der Waals surface area contributed by atoms with Gasteiger partial charge in [0, 0.05) is 53.6 Å². The summed E-state index contributed by atoms with van der Waals surface area (Å²) in [6.45, 7) is 11.9. The Labute approximate surface area is 148 Å². The van der Waals surface area contributed by atoms with E-state index < -0.39 is 0 Å². The van der Waals surface area contributed by atoms with Crippen molar-refractivity contribution in [3.63, 3.8) is 0 Å². The molecule has 1 N–H and O–H groups in total. The van der Waals surface area contributed by atoms with E-state index in [2.05, 4.69) is 41.2 Å². The summed E-state index contributed by atoms with van der Waals surface area (Å²) in [6, 6.07) is 3.85. The van der Waals surface area contributed by atoms with E-state index in [0.29, 0.717) is 12.4 Å². The largest absolute Gasteiger partial charge is 0.366 e. The van der Waals surface area contributed by atoms with Crippen molar-refractivity contribution in [1.29, 1.82) is 0 Å². The van der Waals surface area contributed by atoms with E-state index in [0.717, 1.165) is 34.9 Å².